The van der Waals surface area contributed by atoms with E-state index in [4.69, 9.17) is 0 Å². The zero-order chi connectivity index (χ0) is 45.5. The molecule has 9 rings (SSSR count). The van der Waals surface area contributed by atoms with Crippen molar-refractivity contribution < 1.29 is 36.7 Å². The standard InChI is InChI=1S/C49H52F4N8O4/c1-57(2)49(65)42-26-38-36(24-35(46(53)47(38)55-42)31-5-3-16-60(28-31)45(63)14-22-61-17-4-15-54-61)37-25-41(52)43(27-40(37)51)59-20-12-32(13-21-59)58-18-10-29(11-19-58)30-6-7-33(39(50)23-30)34-8-9-44(62)56-48(34)64/h4-7,15,17,23-27,29,32,34,55H,3,8-14,16,18-22,28H2,1-2H3,(H,56,62,64). The zero-order valence-corrected chi connectivity index (χ0v) is 36.5. The van der Waals surface area contributed by atoms with Gasteiger partial charge in [0.2, 0.25) is 17.7 Å². The number of piperidine rings is 3. The van der Waals surface area contributed by atoms with Crippen LogP contribution in [0.1, 0.15) is 90.4 Å². The second-order valence-corrected chi connectivity index (χ2v) is 17.9. The summed E-state index contributed by atoms with van der Waals surface area (Å²) in [6.07, 6.45) is 9.60. The first-order valence-electron chi connectivity index (χ1n) is 22.5. The van der Waals surface area contributed by atoms with E-state index in [1.165, 1.54) is 29.2 Å². The van der Waals surface area contributed by atoms with Crippen LogP contribution in [0.25, 0.3) is 27.6 Å². The summed E-state index contributed by atoms with van der Waals surface area (Å²) in [7, 11) is 3.14. The topological polar surface area (TPSA) is 127 Å². The van der Waals surface area contributed by atoms with Crippen LogP contribution < -0.4 is 10.2 Å². The van der Waals surface area contributed by atoms with Gasteiger partial charge in [-0.3, -0.25) is 29.2 Å². The largest absolute Gasteiger partial charge is 0.369 e. The monoisotopic (exact) mass is 892 g/mol. The van der Waals surface area contributed by atoms with Crippen LogP contribution in [0.15, 0.2) is 67.0 Å². The Bertz CT molecular complexity index is 2680. The summed E-state index contributed by atoms with van der Waals surface area (Å²) in [5, 5.41) is 6.70. The Morgan fingerprint density at radius 2 is 1.63 bits per heavy atom. The van der Waals surface area contributed by atoms with E-state index in [0.29, 0.717) is 50.2 Å². The number of anilines is 1. The number of benzene rings is 3. The van der Waals surface area contributed by atoms with Crippen molar-refractivity contribution in [3.8, 4) is 11.1 Å². The lowest BCUT2D eigenvalue weighted by Gasteiger charge is -2.42. The lowest BCUT2D eigenvalue weighted by atomic mass is 9.85. The first-order valence-corrected chi connectivity index (χ1v) is 22.5. The number of nitrogens with zero attached hydrogens (tertiary/aromatic N) is 6. The number of aromatic amines is 1. The third-order valence-corrected chi connectivity index (χ3v) is 13.7. The molecule has 3 saturated heterocycles. The molecule has 0 radical (unpaired) electrons. The Morgan fingerprint density at radius 3 is 2.34 bits per heavy atom. The Balaban J connectivity index is 0.890. The molecular formula is C49H52F4N8O4. The summed E-state index contributed by atoms with van der Waals surface area (Å²) < 4.78 is 66.5. The quantitative estimate of drug-likeness (QED) is 0.111. The van der Waals surface area contributed by atoms with E-state index in [-0.39, 0.29) is 82.1 Å². The molecule has 0 saturated carbocycles. The Kier molecular flexibility index (Phi) is 12.4. The van der Waals surface area contributed by atoms with Crippen molar-refractivity contribution in [3.05, 3.63) is 113 Å². The van der Waals surface area contributed by atoms with E-state index in [1.807, 2.05) is 17.0 Å². The predicted molar refractivity (Wildman–Crippen MR) is 238 cm³/mol. The van der Waals surface area contributed by atoms with Crippen molar-refractivity contribution in [3.63, 3.8) is 0 Å². The normalized spacial score (nSPS) is 19.2. The Morgan fingerprint density at radius 1 is 0.846 bits per heavy atom. The predicted octanol–water partition coefficient (Wildman–Crippen LogP) is 7.36. The van der Waals surface area contributed by atoms with Crippen LogP contribution in [0.5, 0.6) is 0 Å². The molecule has 0 aliphatic carbocycles. The first kappa shape index (κ1) is 43.9. The van der Waals surface area contributed by atoms with Crippen molar-refractivity contribution in [2.75, 3.05) is 58.3 Å². The number of halogens is 4. The summed E-state index contributed by atoms with van der Waals surface area (Å²) >= 11 is 0. The molecule has 12 nitrogen and oxygen atoms in total. The van der Waals surface area contributed by atoms with E-state index in [9.17, 15) is 19.2 Å². The summed E-state index contributed by atoms with van der Waals surface area (Å²) in [6, 6.07) is 12.5. The summed E-state index contributed by atoms with van der Waals surface area (Å²) in [5.74, 6) is -4.23. The van der Waals surface area contributed by atoms with Gasteiger partial charge < -0.3 is 24.6 Å². The van der Waals surface area contributed by atoms with Crippen LogP contribution in [0, 0.1) is 23.3 Å². The highest BCUT2D eigenvalue weighted by Gasteiger charge is 2.33. The molecule has 1 unspecified atom stereocenters. The number of fused-ring (bicyclic) bond motifs is 1. The third-order valence-electron chi connectivity index (χ3n) is 13.7. The van der Waals surface area contributed by atoms with Gasteiger partial charge in [0, 0.05) is 106 Å². The molecule has 0 bridgehead atoms. The number of imide groups is 1. The second kappa shape index (κ2) is 18.3. The number of aryl methyl sites for hydroxylation is 1. The summed E-state index contributed by atoms with van der Waals surface area (Å²) in [6.45, 7) is 3.62. The van der Waals surface area contributed by atoms with Crippen LogP contribution in [0.3, 0.4) is 0 Å². The van der Waals surface area contributed by atoms with Gasteiger partial charge in [-0.2, -0.15) is 5.10 Å². The number of likely N-dealkylation sites (tertiary alicyclic amines) is 1. The first-order chi connectivity index (χ1) is 31.3. The highest BCUT2D eigenvalue weighted by atomic mass is 19.1. The number of carbonyl (C=O) groups excluding carboxylic acids is 4. The average molecular weight is 893 g/mol. The minimum atomic E-state index is -0.694. The SMILES string of the molecule is CN(C)C(=O)c1cc2c(-c3cc(F)c(N4CCC(N5CCC(c6ccc(C7CCC(=O)NC7=O)c(F)c6)CC5)CC4)cc3F)cc(C3=CCCN(C(=O)CCn4cccn4)C3)c(F)c2[nH]1. The van der Waals surface area contributed by atoms with E-state index >= 15 is 17.6 Å². The zero-order valence-electron chi connectivity index (χ0n) is 36.5. The van der Waals surface area contributed by atoms with E-state index in [2.05, 4.69) is 20.3 Å². The van der Waals surface area contributed by atoms with Crippen molar-refractivity contribution in [1.82, 2.24) is 34.8 Å². The lowest BCUT2D eigenvalue weighted by Crippen LogP contribution is -2.47. The number of rotatable bonds is 10. The number of H-pyrrole nitrogens is 1. The minimum absolute atomic E-state index is 0.0180. The van der Waals surface area contributed by atoms with Crippen molar-refractivity contribution in [2.24, 2.45) is 0 Å². The summed E-state index contributed by atoms with van der Waals surface area (Å²) in [4.78, 5) is 60.5. The number of hydrogen-bond acceptors (Lipinski definition) is 7. The van der Waals surface area contributed by atoms with Gasteiger partial charge in [0.15, 0.2) is 5.82 Å². The number of aromatic nitrogens is 3. The van der Waals surface area contributed by atoms with Crippen LogP contribution in [0.2, 0.25) is 0 Å². The maximum absolute atomic E-state index is 16.6. The highest BCUT2D eigenvalue weighted by Crippen LogP contribution is 2.41. The molecule has 340 valence electrons. The van der Waals surface area contributed by atoms with Crippen molar-refractivity contribution in [1.29, 1.82) is 0 Å². The van der Waals surface area contributed by atoms with Gasteiger partial charge in [-0.25, -0.2) is 17.6 Å². The second-order valence-electron chi connectivity index (χ2n) is 17.9. The van der Waals surface area contributed by atoms with Gasteiger partial charge in [0.25, 0.3) is 5.91 Å². The Labute approximate surface area is 374 Å². The van der Waals surface area contributed by atoms with Crippen LogP contribution in [-0.2, 0) is 20.9 Å². The number of amides is 4. The van der Waals surface area contributed by atoms with E-state index in [0.717, 1.165) is 50.4 Å². The van der Waals surface area contributed by atoms with Gasteiger partial charge in [0.1, 0.15) is 23.1 Å². The maximum atomic E-state index is 16.6. The molecule has 6 heterocycles. The fraction of sp³-hybridized carbons (Fsp3) is 0.408. The molecule has 4 aliphatic rings. The van der Waals surface area contributed by atoms with Crippen molar-refractivity contribution >= 4 is 45.8 Å². The molecule has 1 atom stereocenters. The number of carbonyl (C=O) groups is 4. The van der Waals surface area contributed by atoms with Gasteiger partial charge in [0.05, 0.1) is 17.1 Å². The fourth-order valence-corrected chi connectivity index (χ4v) is 10.2. The maximum Gasteiger partial charge on any atom is 0.269 e. The smallest absolute Gasteiger partial charge is 0.269 e. The molecule has 3 fully saturated rings. The molecule has 0 spiro atoms. The van der Waals surface area contributed by atoms with E-state index < -0.39 is 41.0 Å². The average Bonchev–Trinajstić information content (AvgIpc) is 4.01. The number of hydrogen-bond donors (Lipinski definition) is 2. The van der Waals surface area contributed by atoms with E-state index in [1.54, 1.807) is 48.2 Å². The molecule has 4 amide bonds. The molecule has 5 aromatic rings. The molecule has 4 aliphatic heterocycles. The van der Waals surface area contributed by atoms with Crippen LogP contribution >= 0.6 is 0 Å². The number of nitrogens with one attached hydrogen (secondary N) is 2. The third kappa shape index (κ3) is 8.92. The highest BCUT2D eigenvalue weighted by molar-refractivity contribution is 6.05. The van der Waals surface area contributed by atoms with Gasteiger partial charge in [-0.15, -0.1) is 0 Å². The molecule has 65 heavy (non-hydrogen) atoms. The summed E-state index contributed by atoms with van der Waals surface area (Å²) in [5.41, 5.74) is 2.22. The molecule has 16 heteroatoms. The lowest BCUT2D eigenvalue weighted by molar-refractivity contribution is -0.134. The molecule has 3 aromatic carbocycles. The van der Waals surface area contributed by atoms with Gasteiger partial charge >= 0.3 is 0 Å². The molecular weight excluding hydrogens is 841 g/mol. The minimum Gasteiger partial charge on any atom is -0.369 e. The molecule has 2 N–H and O–H groups in total. The molecule has 2 aromatic heterocycles. The van der Waals surface area contributed by atoms with Crippen LogP contribution in [-0.4, -0.2) is 112 Å². The van der Waals surface area contributed by atoms with Crippen molar-refractivity contribution in [2.45, 2.75) is 75.8 Å². The Hall–Kier alpha value is -6.29. The fourth-order valence-electron chi connectivity index (χ4n) is 10.2. The van der Waals surface area contributed by atoms with Crippen LogP contribution in [0.4, 0.5) is 23.2 Å². The van der Waals surface area contributed by atoms with Gasteiger partial charge in [-0.1, -0.05) is 18.2 Å². The van der Waals surface area contributed by atoms with Gasteiger partial charge in [-0.05, 0) is 105 Å².